The van der Waals surface area contributed by atoms with E-state index in [-0.39, 0.29) is 5.91 Å². The molecule has 5 nitrogen and oxygen atoms in total. The van der Waals surface area contributed by atoms with Crippen molar-refractivity contribution >= 4 is 28.2 Å². The molecule has 1 amide bonds. The number of hydrogen-bond acceptors (Lipinski definition) is 5. The lowest BCUT2D eigenvalue weighted by Crippen LogP contribution is -2.35. The standard InChI is InChI=1S/C19H21N3O2S/c1-14-9-16-10-15(3-4-18(16)24-14)19(23)22-6-2-5-21(7-8-22)12-17-11-20-13-25-17/h3-4,9-11,13H,2,5-8,12H2,1H3. The number of furan rings is 1. The molecule has 1 fully saturated rings. The van der Waals surface area contributed by atoms with Gasteiger partial charge < -0.3 is 9.32 Å². The summed E-state index contributed by atoms with van der Waals surface area (Å²) in [5.74, 6) is 0.980. The molecule has 1 saturated heterocycles. The van der Waals surface area contributed by atoms with E-state index in [4.69, 9.17) is 4.42 Å². The van der Waals surface area contributed by atoms with E-state index in [2.05, 4.69) is 9.88 Å². The van der Waals surface area contributed by atoms with Crippen molar-refractivity contribution in [2.24, 2.45) is 0 Å². The first-order chi connectivity index (χ1) is 12.2. The van der Waals surface area contributed by atoms with Crippen LogP contribution in [0.3, 0.4) is 0 Å². The van der Waals surface area contributed by atoms with Gasteiger partial charge in [-0.05, 0) is 37.6 Å². The Morgan fingerprint density at radius 2 is 2.16 bits per heavy atom. The van der Waals surface area contributed by atoms with Crippen molar-refractivity contribution < 1.29 is 9.21 Å². The van der Waals surface area contributed by atoms with E-state index in [0.29, 0.717) is 0 Å². The first-order valence-corrected chi connectivity index (χ1v) is 9.46. The van der Waals surface area contributed by atoms with Crippen molar-refractivity contribution in [3.05, 3.63) is 52.2 Å². The van der Waals surface area contributed by atoms with Gasteiger partial charge in [-0.3, -0.25) is 14.7 Å². The summed E-state index contributed by atoms with van der Waals surface area (Å²) >= 11 is 1.69. The number of hydrogen-bond donors (Lipinski definition) is 0. The number of nitrogens with zero attached hydrogens (tertiary/aromatic N) is 3. The number of carbonyl (C=O) groups excluding carboxylic acids is 1. The van der Waals surface area contributed by atoms with E-state index in [0.717, 1.165) is 61.4 Å². The summed E-state index contributed by atoms with van der Waals surface area (Å²) in [6.45, 7) is 6.33. The van der Waals surface area contributed by atoms with Crippen LogP contribution in [-0.2, 0) is 6.54 Å². The van der Waals surface area contributed by atoms with Crippen LogP contribution < -0.4 is 0 Å². The minimum absolute atomic E-state index is 0.111. The Hall–Kier alpha value is -2.18. The number of amides is 1. The normalized spacial score (nSPS) is 16.3. The van der Waals surface area contributed by atoms with Crippen LogP contribution in [0.2, 0.25) is 0 Å². The molecular weight excluding hydrogens is 334 g/mol. The third kappa shape index (κ3) is 3.60. The molecule has 0 radical (unpaired) electrons. The van der Waals surface area contributed by atoms with Crippen LogP contribution in [-0.4, -0.2) is 46.9 Å². The van der Waals surface area contributed by atoms with Gasteiger partial charge in [0.05, 0.1) is 5.51 Å². The van der Waals surface area contributed by atoms with Crippen molar-refractivity contribution in [2.45, 2.75) is 19.9 Å². The molecule has 1 aliphatic heterocycles. The van der Waals surface area contributed by atoms with Crippen LogP contribution in [0.15, 0.2) is 40.4 Å². The predicted molar refractivity (Wildman–Crippen MR) is 98.9 cm³/mol. The molecule has 0 unspecified atom stereocenters. The molecule has 0 aliphatic carbocycles. The van der Waals surface area contributed by atoms with Gasteiger partial charge in [0.2, 0.25) is 0 Å². The van der Waals surface area contributed by atoms with Crippen molar-refractivity contribution in [2.75, 3.05) is 26.2 Å². The smallest absolute Gasteiger partial charge is 0.253 e. The third-order valence-electron chi connectivity index (χ3n) is 4.63. The second-order valence-electron chi connectivity index (χ2n) is 6.50. The minimum Gasteiger partial charge on any atom is -0.461 e. The van der Waals surface area contributed by atoms with E-state index in [1.165, 1.54) is 4.88 Å². The van der Waals surface area contributed by atoms with Gasteiger partial charge in [0.25, 0.3) is 5.91 Å². The third-order valence-corrected chi connectivity index (χ3v) is 5.39. The Morgan fingerprint density at radius 1 is 1.24 bits per heavy atom. The zero-order chi connectivity index (χ0) is 17.2. The zero-order valence-electron chi connectivity index (χ0n) is 14.3. The maximum atomic E-state index is 12.9. The summed E-state index contributed by atoms with van der Waals surface area (Å²) in [7, 11) is 0. The molecule has 130 valence electrons. The SMILES string of the molecule is Cc1cc2cc(C(=O)N3CCCN(Cc4cncs4)CC3)ccc2o1. The fourth-order valence-electron chi connectivity index (χ4n) is 3.36. The van der Waals surface area contributed by atoms with E-state index in [1.54, 1.807) is 11.3 Å². The van der Waals surface area contributed by atoms with E-state index in [9.17, 15) is 4.79 Å². The summed E-state index contributed by atoms with van der Waals surface area (Å²) < 4.78 is 5.60. The predicted octanol–water partition coefficient (Wildman–Crippen LogP) is 3.55. The fraction of sp³-hybridized carbons (Fsp3) is 0.368. The average Bonchev–Trinajstić information content (AvgIpc) is 3.17. The summed E-state index contributed by atoms with van der Waals surface area (Å²) in [5, 5.41) is 0.991. The second-order valence-corrected chi connectivity index (χ2v) is 7.47. The molecule has 2 aromatic heterocycles. The Labute approximate surface area is 150 Å². The van der Waals surface area contributed by atoms with E-state index in [1.807, 2.05) is 47.8 Å². The molecule has 0 spiro atoms. The van der Waals surface area contributed by atoms with Gasteiger partial charge in [-0.25, -0.2) is 0 Å². The average molecular weight is 355 g/mol. The van der Waals surface area contributed by atoms with Gasteiger partial charge in [0.1, 0.15) is 11.3 Å². The number of carbonyl (C=O) groups is 1. The summed E-state index contributed by atoms with van der Waals surface area (Å²) in [6, 6.07) is 7.68. The van der Waals surface area contributed by atoms with Crippen LogP contribution in [0.1, 0.15) is 27.4 Å². The van der Waals surface area contributed by atoms with Crippen LogP contribution in [0.25, 0.3) is 11.0 Å². The van der Waals surface area contributed by atoms with Crippen LogP contribution in [0.4, 0.5) is 0 Å². The van der Waals surface area contributed by atoms with Gasteiger partial charge in [0.15, 0.2) is 0 Å². The zero-order valence-corrected chi connectivity index (χ0v) is 15.1. The molecule has 0 bridgehead atoms. The maximum absolute atomic E-state index is 12.9. The summed E-state index contributed by atoms with van der Waals surface area (Å²) in [4.78, 5) is 22.7. The number of benzene rings is 1. The largest absolute Gasteiger partial charge is 0.461 e. The first kappa shape index (κ1) is 16.3. The number of thiazole rings is 1. The lowest BCUT2D eigenvalue weighted by molar-refractivity contribution is 0.0761. The van der Waals surface area contributed by atoms with Crippen LogP contribution in [0.5, 0.6) is 0 Å². The van der Waals surface area contributed by atoms with Gasteiger partial charge in [-0.1, -0.05) is 0 Å². The Morgan fingerprint density at radius 3 is 3.00 bits per heavy atom. The van der Waals surface area contributed by atoms with E-state index < -0.39 is 0 Å². The Kier molecular flexibility index (Phi) is 4.55. The molecule has 0 saturated carbocycles. The summed E-state index contributed by atoms with van der Waals surface area (Å²) in [5.41, 5.74) is 3.45. The van der Waals surface area contributed by atoms with Crippen molar-refractivity contribution in [1.82, 2.24) is 14.8 Å². The second kappa shape index (κ2) is 6.98. The lowest BCUT2D eigenvalue weighted by atomic mass is 10.1. The topological polar surface area (TPSA) is 49.6 Å². The van der Waals surface area contributed by atoms with Gasteiger partial charge in [0, 0.05) is 54.7 Å². The highest BCUT2D eigenvalue weighted by Crippen LogP contribution is 2.21. The van der Waals surface area contributed by atoms with Crippen molar-refractivity contribution in [3.63, 3.8) is 0 Å². The molecule has 3 aromatic rings. The van der Waals surface area contributed by atoms with E-state index >= 15 is 0 Å². The Bertz CT molecular complexity index is 872. The number of aryl methyl sites for hydroxylation is 1. The molecule has 1 aliphatic rings. The molecule has 6 heteroatoms. The molecule has 4 rings (SSSR count). The fourth-order valence-corrected chi connectivity index (χ4v) is 4.00. The molecule has 25 heavy (non-hydrogen) atoms. The number of rotatable bonds is 3. The Balaban J connectivity index is 1.44. The van der Waals surface area contributed by atoms with Crippen molar-refractivity contribution in [3.8, 4) is 0 Å². The number of fused-ring (bicyclic) bond motifs is 1. The molecule has 3 heterocycles. The molecular formula is C19H21N3O2S. The number of aromatic nitrogens is 1. The monoisotopic (exact) mass is 355 g/mol. The molecule has 0 atom stereocenters. The van der Waals surface area contributed by atoms with Gasteiger partial charge >= 0.3 is 0 Å². The quantitative estimate of drug-likeness (QED) is 0.721. The highest BCUT2D eigenvalue weighted by molar-refractivity contribution is 7.09. The van der Waals surface area contributed by atoms with Crippen LogP contribution in [0, 0.1) is 6.92 Å². The minimum atomic E-state index is 0.111. The molecule has 1 aromatic carbocycles. The van der Waals surface area contributed by atoms with Gasteiger partial charge in [-0.15, -0.1) is 11.3 Å². The maximum Gasteiger partial charge on any atom is 0.253 e. The lowest BCUT2D eigenvalue weighted by Gasteiger charge is -2.21. The van der Waals surface area contributed by atoms with Crippen molar-refractivity contribution in [1.29, 1.82) is 0 Å². The van der Waals surface area contributed by atoms with Crippen LogP contribution >= 0.6 is 11.3 Å². The van der Waals surface area contributed by atoms with Gasteiger partial charge in [-0.2, -0.15) is 0 Å². The highest BCUT2D eigenvalue weighted by atomic mass is 32.1. The summed E-state index contributed by atoms with van der Waals surface area (Å²) in [6.07, 6.45) is 2.93. The molecule has 0 N–H and O–H groups in total. The highest BCUT2D eigenvalue weighted by Gasteiger charge is 2.21. The first-order valence-electron chi connectivity index (χ1n) is 8.58.